The number of aromatic hydroxyl groups is 1. The Morgan fingerprint density at radius 1 is 1.11 bits per heavy atom. The molecule has 0 spiro atoms. The lowest BCUT2D eigenvalue weighted by molar-refractivity contribution is 0.331. The number of halogens is 1. The van der Waals surface area contributed by atoms with E-state index in [4.69, 9.17) is 0 Å². The third-order valence-electron chi connectivity index (χ3n) is 4.89. The van der Waals surface area contributed by atoms with Gasteiger partial charge in [0.2, 0.25) is 5.88 Å². The van der Waals surface area contributed by atoms with Crippen LogP contribution in [0.2, 0.25) is 0 Å². The van der Waals surface area contributed by atoms with Gasteiger partial charge in [-0.15, -0.1) is 0 Å². The van der Waals surface area contributed by atoms with E-state index in [0.29, 0.717) is 16.3 Å². The maximum absolute atomic E-state index is 12.0. The van der Waals surface area contributed by atoms with Crippen molar-refractivity contribution < 1.29 is 5.11 Å². The molecule has 1 aliphatic heterocycles. The number of fused-ring (bicyclic) bond motifs is 1. The van der Waals surface area contributed by atoms with Crippen LogP contribution in [0.5, 0.6) is 5.88 Å². The Labute approximate surface area is 165 Å². The molecule has 1 aromatic heterocycles. The molecular formula is C21H20BrN3O2. The molecule has 0 atom stereocenters. The van der Waals surface area contributed by atoms with Gasteiger partial charge in [0.15, 0.2) is 0 Å². The van der Waals surface area contributed by atoms with Crippen LogP contribution in [0.15, 0.2) is 56.7 Å². The average molecular weight is 426 g/mol. The number of pyridine rings is 1. The van der Waals surface area contributed by atoms with Crippen LogP contribution >= 0.6 is 15.9 Å². The summed E-state index contributed by atoms with van der Waals surface area (Å²) in [7, 11) is 0. The summed E-state index contributed by atoms with van der Waals surface area (Å²) in [5, 5.41) is 11.4. The second-order valence-corrected chi connectivity index (χ2v) is 7.73. The van der Waals surface area contributed by atoms with Gasteiger partial charge in [0.25, 0.3) is 5.56 Å². The van der Waals surface area contributed by atoms with Crippen molar-refractivity contribution in [3.8, 4) is 5.88 Å². The van der Waals surface area contributed by atoms with Crippen molar-refractivity contribution in [2.75, 3.05) is 13.1 Å². The molecule has 1 saturated heterocycles. The molecule has 27 heavy (non-hydrogen) atoms. The van der Waals surface area contributed by atoms with E-state index in [0.717, 1.165) is 16.7 Å². The first-order valence-electron chi connectivity index (χ1n) is 9.00. The summed E-state index contributed by atoms with van der Waals surface area (Å²) in [5.74, 6) is -0.181. The van der Waals surface area contributed by atoms with Crippen LogP contribution < -0.4 is 5.56 Å². The third-order valence-corrected chi connectivity index (χ3v) is 5.38. The number of rotatable bonds is 4. The normalized spacial score (nSPS) is 15.1. The minimum Gasteiger partial charge on any atom is -0.494 e. The number of H-pyrrole nitrogens is 1. The maximum Gasteiger partial charge on any atom is 0.258 e. The number of hydrogen-bond acceptors (Lipinski definition) is 4. The monoisotopic (exact) mass is 425 g/mol. The number of hydrogen-bond donors (Lipinski definition) is 2. The molecule has 0 aliphatic carbocycles. The van der Waals surface area contributed by atoms with E-state index in [1.165, 1.54) is 31.5 Å². The molecule has 0 amide bonds. The van der Waals surface area contributed by atoms with Crippen LogP contribution in [0, 0.1) is 0 Å². The molecule has 4 rings (SSSR count). The summed E-state index contributed by atoms with van der Waals surface area (Å²) in [6.07, 6.45) is 4.17. The zero-order valence-electron chi connectivity index (χ0n) is 14.8. The minimum absolute atomic E-state index is 0.181. The molecule has 2 heterocycles. The highest BCUT2D eigenvalue weighted by Crippen LogP contribution is 2.25. The molecule has 2 aromatic carbocycles. The van der Waals surface area contributed by atoms with E-state index in [9.17, 15) is 9.90 Å². The quantitative estimate of drug-likeness (QED) is 0.610. The summed E-state index contributed by atoms with van der Waals surface area (Å²) in [5.41, 5.74) is 2.25. The second-order valence-electron chi connectivity index (χ2n) is 6.81. The van der Waals surface area contributed by atoms with Crippen LogP contribution in [0.1, 0.15) is 24.0 Å². The fraction of sp³-hybridized carbons (Fsp3) is 0.238. The molecule has 1 aliphatic rings. The number of benzene rings is 2. The Bertz CT molecular complexity index is 1050. The predicted octanol–water partition coefficient (Wildman–Crippen LogP) is 4.34. The fourth-order valence-electron chi connectivity index (χ4n) is 3.46. The number of aromatic amines is 1. The van der Waals surface area contributed by atoms with Crippen molar-refractivity contribution in [1.29, 1.82) is 0 Å². The first-order valence-corrected chi connectivity index (χ1v) is 9.79. The topological polar surface area (TPSA) is 68.7 Å². The predicted molar refractivity (Wildman–Crippen MR) is 112 cm³/mol. The van der Waals surface area contributed by atoms with Gasteiger partial charge in [-0.2, -0.15) is 0 Å². The van der Waals surface area contributed by atoms with Gasteiger partial charge in [-0.1, -0.05) is 28.1 Å². The van der Waals surface area contributed by atoms with Gasteiger partial charge in [-0.25, -0.2) is 0 Å². The van der Waals surface area contributed by atoms with Crippen LogP contribution in [0.4, 0.5) is 5.69 Å². The summed E-state index contributed by atoms with van der Waals surface area (Å²) in [6, 6.07) is 13.5. The number of likely N-dealkylation sites (tertiary alicyclic amines) is 1. The number of aromatic nitrogens is 1. The van der Waals surface area contributed by atoms with Gasteiger partial charge in [0.1, 0.15) is 0 Å². The Morgan fingerprint density at radius 3 is 2.59 bits per heavy atom. The van der Waals surface area contributed by atoms with Crippen LogP contribution in [-0.2, 0) is 6.54 Å². The molecule has 5 nitrogen and oxygen atoms in total. The highest BCUT2D eigenvalue weighted by Gasteiger charge is 2.12. The summed E-state index contributed by atoms with van der Waals surface area (Å²) < 4.78 is 0.834. The van der Waals surface area contributed by atoms with E-state index < -0.39 is 0 Å². The van der Waals surface area contributed by atoms with Crippen molar-refractivity contribution >= 4 is 38.6 Å². The molecule has 1 fully saturated rings. The van der Waals surface area contributed by atoms with Crippen molar-refractivity contribution in [2.24, 2.45) is 4.99 Å². The molecule has 138 valence electrons. The van der Waals surface area contributed by atoms with Crippen LogP contribution in [0.3, 0.4) is 0 Å². The summed E-state index contributed by atoms with van der Waals surface area (Å²) >= 11 is 3.41. The second kappa shape index (κ2) is 7.66. The summed E-state index contributed by atoms with van der Waals surface area (Å²) in [4.78, 5) is 21.5. The lowest BCUT2D eigenvalue weighted by Crippen LogP contribution is -2.18. The van der Waals surface area contributed by atoms with Gasteiger partial charge in [0.05, 0.1) is 11.3 Å². The Hall–Kier alpha value is -2.44. The molecule has 2 N–H and O–H groups in total. The lowest BCUT2D eigenvalue weighted by atomic mass is 10.1. The van der Waals surface area contributed by atoms with Gasteiger partial charge in [-0.05, 0) is 61.8 Å². The van der Waals surface area contributed by atoms with Crippen molar-refractivity contribution in [3.05, 3.63) is 68.4 Å². The van der Waals surface area contributed by atoms with E-state index in [1.54, 1.807) is 18.3 Å². The average Bonchev–Trinajstić information content (AvgIpc) is 3.15. The van der Waals surface area contributed by atoms with Gasteiger partial charge in [-0.3, -0.25) is 19.7 Å². The van der Waals surface area contributed by atoms with E-state index in [2.05, 4.69) is 42.9 Å². The van der Waals surface area contributed by atoms with E-state index in [-0.39, 0.29) is 11.4 Å². The Balaban J connectivity index is 1.61. The van der Waals surface area contributed by atoms with Gasteiger partial charge in [0, 0.05) is 28.0 Å². The zero-order chi connectivity index (χ0) is 18.8. The fourth-order valence-corrected chi connectivity index (χ4v) is 3.82. The first kappa shape index (κ1) is 17.9. The maximum atomic E-state index is 12.0. The molecule has 0 saturated carbocycles. The van der Waals surface area contributed by atoms with Crippen molar-refractivity contribution in [1.82, 2.24) is 9.88 Å². The van der Waals surface area contributed by atoms with Gasteiger partial charge < -0.3 is 5.11 Å². The smallest absolute Gasteiger partial charge is 0.258 e. The zero-order valence-corrected chi connectivity index (χ0v) is 16.4. The van der Waals surface area contributed by atoms with Crippen molar-refractivity contribution in [3.63, 3.8) is 0 Å². The van der Waals surface area contributed by atoms with Gasteiger partial charge >= 0.3 is 0 Å². The number of aliphatic imine (C=N–C) groups is 1. The lowest BCUT2D eigenvalue weighted by Gasteiger charge is -2.14. The summed E-state index contributed by atoms with van der Waals surface area (Å²) in [6.45, 7) is 3.32. The molecule has 6 heteroatoms. The first-order chi connectivity index (χ1) is 13.1. The molecule has 0 radical (unpaired) electrons. The minimum atomic E-state index is -0.321. The molecule has 0 unspecified atom stereocenters. The molecule has 3 aromatic rings. The van der Waals surface area contributed by atoms with E-state index in [1.807, 2.05) is 18.2 Å². The Morgan fingerprint density at radius 2 is 1.85 bits per heavy atom. The highest BCUT2D eigenvalue weighted by atomic mass is 79.9. The standard InChI is InChI=1S/C21H20BrN3O2/c22-15-5-8-17-18(11-15)19(21(27)24-20(17)26)12-23-16-6-3-14(4-7-16)13-25-9-1-2-10-25/h3-8,11-12H,1-2,9-10,13H2,(H2,24,26,27). The Kier molecular flexibility index (Phi) is 5.09. The van der Waals surface area contributed by atoms with Crippen LogP contribution in [-0.4, -0.2) is 34.3 Å². The van der Waals surface area contributed by atoms with Crippen LogP contribution in [0.25, 0.3) is 10.8 Å². The number of nitrogens with one attached hydrogen (secondary N) is 1. The number of nitrogens with zero attached hydrogens (tertiary/aromatic N) is 2. The largest absolute Gasteiger partial charge is 0.494 e. The van der Waals surface area contributed by atoms with E-state index >= 15 is 0 Å². The molecular weight excluding hydrogens is 406 g/mol. The molecule has 0 bridgehead atoms. The third kappa shape index (κ3) is 3.96. The van der Waals surface area contributed by atoms with Crippen molar-refractivity contribution in [2.45, 2.75) is 19.4 Å². The highest BCUT2D eigenvalue weighted by molar-refractivity contribution is 9.10. The SMILES string of the molecule is O=c1[nH]c(O)c(C=Nc2ccc(CN3CCCC3)cc2)c2cc(Br)ccc12.